The minimum Gasteiger partial charge on any atom is -0.434 e. The largest absolute Gasteiger partial charge is 0.434 e. The van der Waals surface area contributed by atoms with Gasteiger partial charge in [-0.15, -0.1) is 10.2 Å². The van der Waals surface area contributed by atoms with Crippen LogP contribution in [-0.2, 0) is 6.42 Å². The number of nitrogens with two attached hydrogens (primary N) is 1. The fourth-order valence-corrected chi connectivity index (χ4v) is 3.73. The van der Waals surface area contributed by atoms with Crippen LogP contribution in [0, 0.1) is 0 Å². The molecule has 0 fully saturated rings. The lowest BCUT2D eigenvalue weighted by Gasteiger charge is -2.13. The van der Waals surface area contributed by atoms with E-state index in [4.69, 9.17) is 35.0 Å². The first kappa shape index (κ1) is 18.0. The maximum absolute atomic E-state index is 12.1. The van der Waals surface area contributed by atoms with Crippen molar-refractivity contribution in [3.8, 4) is 17.3 Å². The Morgan fingerprint density at radius 1 is 1.31 bits per heavy atom. The van der Waals surface area contributed by atoms with Gasteiger partial charge in [-0.3, -0.25) is 14.6 Å². The summed E-state index contributed by atoms with van der Waals surface area (Å²) in [5, 5.41) is 9.75. The van der Waals surface area contributed by atoms with Gasteiger partial charge in [0.25, 0.3) is 11.1 Å². The Kier molecular flexibility index (Phi) is 4.36. The number of aromatic amines is 2. The zero-order valence-corrected chi connectivity index (χ0v) is 16.4. The van der Waals surface area contributed by atoms with E-state index in [1.165, 1.54) is 6.07 Å². The molecule has 150 valence electrons. The molecule has 0 spiro atoms. The van der Waals surface area contributed by atoms with Gasteiger partial charge in [0, 0.05) is 11.1 Å². The smallest absolute Gasteiger partial charge is 0.349 e. The Bertz CT molecular complexity index is 1370. The third kappa shape index (κ3) is 3.30. The second-order valence-corrected chi connectivity index (χ2v) is 7.28. The normalized spacial score (nSPS) is 15.8. The first-order valence-corrected chi connectivity index (χ1v) is 9.22. The standard InChI is InChI=1S/C17H14Cl2N6O4/c1-6-2-3-8-11(6)14(26)22-23-16(8)29-12-9(18)4-7(5-10(12)19)25-17(28)21-15(27)13(20)24-25/h4-6H,2-3H2,1H3,(H2,20,24)(H,22,26)(H,21,27,28)/i4D. The van der Waals surface area contributed by atoms with Crippen molar-refractivity contribution in [2.24, 2.45) is 0 Å². The van der Waals surface area contributed by atoms with Gasteiger partial charge in [0.05, 0.1) is 17.1 Å². The summed E-state index contributed by atoms with van der Waals surface area (Å²) in [6, 6.07) is 0.887. The molecule has 4 rings (SSSR count). The molecule has 1 aromatic carbocycles. The van der Waals surface area contributed by atoms with Gasteiger partial charge in [-0.25, -0.2) is 9.89 Å². The fourth-order valence-electron chi connectivity index (χ4n) is 3.21. The number of anilines is 1. The molecular formula is C17H14Cl2N6O4. The van der Waals surface area contributed by atoms with Crippen LogP contribution in [0.1, 0.15) is 31.8 Å². The number of hydrogen-bond acceptors (Lipinski definition) is 7. The highest BCUT2D eigenvalue weighted by Gasteiger charge is 2.27. The molecule has 0 amide bonds. The molecule has 1 aliphatic carbocycles. The summed E-state index contributed by atoms with van der Waals surface area (Å²) in [5.74, 6) is -0.353. The molecule has 4 N–H and O–H groups in total. The second kappa shape index (κ2) is 7.05. The molecule has 29 heavy (non-hydrogen) atoms. The molecular weight excluding hydrogens is 423 g/mol. The molecule has 0 saturated carbocycles. The first-order valence-electron chi connectivity index (χ1n) is 8.96. The molecule has 0 aliphatic heterocycles. The number of nitrogen functional groups attached to an aromatic ring is 1. The lowest BCUT2D eigenvalue weighted by molar-refractivity contribution is 0.448. The van der Waals surface area contributed by atoms with Crippen LogP contribution in [0.5, 0.6) is 11.6 Å². The quantitative estimate of drug-likeness (QED) is 0.564. The number of hydrogen-bond donors (Lipinski definition) is 3. The van der Waals surface area contributed by atoms with Crippen molar-refractivity contribution in [3.05, 3.63) is 64.5 Å². The Balaban J connectivity index is 1.83. The highest BCUT2D eigenvalue weighted by molar-refractivity contribution is 6.37. The molecule has 1 atom stereocenters. The zero-order valence-electron chi connectivity index (χ0n) is 15.9. The van der Waals surface area contributed by atoms with Crippen molar-refractivity contribution in [1.29, 1.82) is 0 Å². The molecule has 2 aromatic heterocycles. The topological polar surface area (TPSA) is 149 Å². The highest BCUT2D eigenvalue weighted by atomic mass is 35.5. The van der Waals surface area contributed by atoms with Crippen molar-refractivity contribution in [3.63, 3.8) is 0 Å². The van der Waals surface area contributed by atoms with Crippen LogP contribution in [-0.4, -0.2) is 25.0 Å². The fraction of sp³-hybridized carbons (Fsp3) is 0.235. The molecule has 12 heteroatoms. The van der Waals surface area contributed by atoms with Crippen molar-refractivity contribution in [2.75, 3.05) is 5.73 Å². The lowest BCUT2D eigenvalue weighted by Crippen LogP contribution is -2.33. The van der Waals surface area contributed by atoms with Crippen molar-refractivity contribution in [1.82, 2.24) is 25.0 Å². The number of nitrogens with zero attached hydrogens (tertiary/aromatic N) is 3. The molecule has 0 bridgehead atoms. The number of ether oxygens (including phenoxy) is 1. The van der Waals surface area contributed by atoms with E-state index in [0.717, 1.165) is 6.42 Å². The van der Waals surface area contributed by atoms with Crippen LogP contribution in [0.25, 0.3) is 5.69 Å². The van der Waals surface area contributed by atoms with E-state index in [1.54, 1.807) is 0 Å². The van der Waals surface area contributed by atoms with Crippen LogP contribution < -0.4 is 27.3 Å². The molecule has 1 aliphatic rings. The van der Waals surface area contributed by atoms with Crippen LogP contribution in [0.15, 0.2) is 26.5 Å². The van der Waals surface area contributed by atoms with Crippen LogP contribution in [0.4, 0.5) is 5.82 Å². The van der Waals surface area contributed by atoms with Crippen LogP contribution >= 0.6 is 23.2 Å². The van der Waals surface area contributed by atoms with Gasteiger partial charge in [0.2, 0.25) is 11.7 Å². The van der Waals surface area contributed by atoms with Gasteiger partial charge in [-0.05, 0) is 30.9 Å². The predicted molar refractivity (Wildman–Crippen MR) is 107 cm³/mol. The van der Waals surface area contributed by atoms with E-state index in [0.29, 0.717) is 22.2 Å². The van der Waals surface area contributed by atoms with Gasteiger partial charge in [-0.2, -0.15) is 4.68 Å². The molecule has 1 unspecified atom stereocenters. The first-order chi connectivity index (χ1) is 14.2. The average Bonchev–Trinajstić information content (AvgIpc) is 3.09. The van der Waals surface area contributed by atoms with E-state index in [2.05, 4.69) is 15.3 Å². The predicted octanol–water partition coefficient (Wildman–Crippen LogP) is 1.74. The van der Waals surface area contributed by atoms with Crippen LogP contribution in [0.3, 0.4) is 0 Å². The third-order valence-electron chi connectivity index (χ3n) is 4.60. The molecule has 2 heterocycles. The number of benzene rings is 1. The third-order valence-corrected chi connectivity index (χ3v) is 5.15. The number of rotatable bonds is 3. The number of H-pyrrole nitrogens is 2. The Labute approximate surface area is 173 Å². The van der Waals surface area contributed by atoms with Crippen molar-refractivity contribution in [2.45, 2.75) is 25.7 Å². The van der Waals surface area contributed by atoms with Gasteiger partial charge in [0.15, 0.2) is 5.75 Å². The van der Waals surface area contributed by atoms with E-state index in [1.807, 2.05) is 11.9 Å². The summed E-state index contributed by atoms with van der Waals surface area (Å²) < 4.78 is 14.8. The lowest BCUT2D eigenvalue weighted by atomic mass is 10.1. The molecule has 0 radical (unpaired) electrons. The zero-order chi connectivity index (χ0) is 21.7. The summed E-state index contributed by atoms with van der Waals surface area (Å²) in [4.78, 5) is 37.6. The van der Waals surface area contributed by atoms with Gasteiger partial charge in [0.1, 0.15) is 0 Å². The number of nitrogens with one attached hydrogen (secondary N) is 2. The molecule has 10 nitrogen and oxygen atoms in total. The van der Waals surface area contributed by atoms with E-state index >= 15 is 0 Å². The summed E-state index contributed by atoms with van der Waals surface area (Å²) in [6.45, 7) is 1.93. The Morgan fingerprint density at radius 2 is 2.07 bits per heavy atom. The Hall–Kier alpha value is -3.11. The van der Waals surface area contributed by atoms with Crippen molar-refractivity contribution >= 4 is 29.0 Å². The van der Waals surface area contributed by atoms with E-state index < -0.39 is 17.1 Å². The van der Waals surface area contributed by atoms with E-state index in [9.17, 15) is 14.4 Å². The summed E-state index contributed by atoms with van der Waals surface area (Å²) in [6.07, 6.45) is 1.37. The minimum atomic E-state index is -0.919. The summed E-state index contributed by atoms with van der Waals surface area (Å²) in [5.41, 5.74) is 4.54. The maximum atomic E-state index is 12.1. The average molecular weight is 438 g/mol. The second-order valence-electron chi connectivity index (χ2n) is 6.49. The maximum Gasteiger partial charge on any atom is 0.349 e. The van der Waals surface area contributed by atoms with Gasteiger partial charge >= 0.3 is 5.69 Å². The van der Waals surface area contributed by atoms with Crippen LogP contribution in [0.2, 0.25) is 10.0 Å². The highest BCUT2D eigenvalue weighted by Crippen LogP contribution is 2.41. The van der Waals surface area contributed by atoms with Gasteiger partial charge in [-0.1, -0.05) is 30.1 Å². The molecule has 0 saturated heterocycles. The minimum absolute atomic E-state index is 0.0442. The Morgan fingerprint density at radius 3 is 2.83 bits per heavy atom. The number of halogens is 2. The summed E-state index contributed by atoms with van der Waals surface area (Å²) in [7, 11) is 0. The van der Waals surface area contributed by atoms with Crippen molar-refractivity contribution < 1.29 is 6.11 Å². The van der Waals surface area contributed by atoms with Gasteiger partial charge < -0.3 is 10.5 Å². The number of fused-ring (bicyclic) bond motifs is 1. The molecule has 3 aromatic rings. The summed E-state index contributed by atoms with van der Waals surface area (Å²) >= 11 is 12.6. The number of aromatic nitrogens is 5. The monoisotopic (exact) mass is 437 g/mol. The SMILES string of the molecule is [2H]c1c(-n2nc(N)c(=O)[nH]c2=O)cc(Cl)c(Oc2n[nH]c(=O)c3c2CCC3C)c1Cl. The van der Waals surface area contributed by atoms with E-state index in [-0.39, 0.29) is 44.9 Å².